The van der Waals surface area contributed by atoms with E-state index in [9.17, 15) is 17.6 Å². The summed E-state index contributed by atoms with van der Waals surface area (Å²) in [6, 6.07) is 15.7. The van der Waals surface area contributed by atoms with Crippen LogP contribution in [0.3, 0.4) is 0 Å². The van der Waals surface area contributed by atoms with Crippen LogP contribution in [0.15, 0.2) is 71.6 Å². The molecule has 0 bridgehead atoms. The molecule has 178 valence electrons. The molecule has 1 aliphatic rings. The fourth-order valence-electron chi connectivity index (χ4n) is 3.38. The quantitative estimate of drug-likeness (QED) is 0.520. The van der Waals surface area contributed by atoms with E-state index >= 15 is 0 Å². The second kappa shape index (κ2) is 10.0. The van der Waals surface area contributed by atoms with Gasteiger partial charge in [-0.15, -0.1) is 0 Å². The van der Waals surface area contributed by atoms with Gasteiger partial charge >= 0.3 is 0 Å². The van der Waals surface area contributed by atoms with Gasteiger partial charge in [0, 0.05) is 11.8 Å². The van der Waals surface area contributed by atoms with E-state index < -0.39 is 28.3 Å². The lowest BCUT2D eigenvalue weighted by Gasteiger charge is -2.24. The lowest BCUT2D eigenvalue weighted by molar-refractivity contribution is -0.114. The van der Waals surface area contributed by atoms with Gasteiger partial charge in [-0.1, -0.05) is 0 Å². The molecule has 8 nitrogen and oxygen atoms in total. The highest BCUT2D eigenvalue weighted by atomic mass is 32.2. The predicted octanol–water partition coefficient (Wildman–Crippen LogP) is 3.83. The van der Waals surface area contributed by atoms with E-state index in [4.69, 9.17) is 14.2 Å². The fourth-order valence-corrected chi connectivity index (χ4v) is 4.80. The first-order valence-corrected chi connectivity index (χ1v) is 12.0. The van der Waals surface area contributed by atoms with E-state index in [1.807, 2.05) is 6.92 Å². The van der Waals surface area contributed by atoms with E-state index in [1.165, 1.54) is 36.4 Å². The minimum absolute atomic E-state index is 0.0348. The number of halogens is 1. The minimum atomic E-state index is -4.15. The SMILES string of the molecule is CCOc1ccc(S(=O)(=O)N(CC(=O)Nc2ccc3c(c2)OCCO3)c2ccc(F)cc2)cc1. The van der Waals surface area contributed by atoms with Gasteiger partial charge in [0.2, 0.25) is 5.91 Å². The van der Waals surface area contributed by atoms with E-state index in [0.717, 1.165) is 16.4 Å². The average molecular weight is 487 g/mol. The van der Waals surface area contributed by atoms with Crippen molar-refractivity contribution in [3.63, 3.8) is 0 Å². The maximum Gasteiger partial charge on any atom is 0.264 e. The van der Waals surface area contributed by atoms with Crippen molar-refractivity contribution in [3.05, 3.63) is 72.5 Å². The second-order valence-corrected chi connectivity index (χ2v) is 9.16. The van der Waals surface area contributed by atoms with Crippen molar-refractivity contribution in [2.24, 2.45) is 0 Å². The number of sulfonamides is 1. The molecule has 1 aliphatic heterocycles. The summed E-state index contributed by atoms with van der Waals surface area (Å²) < 4.78 is 57.7. The van der Waals surface area contributed by atoms with E-state index in [0.29, 0.717) is 42.8 Å². The normalized spacial score (nSPS) is 12.6. The van der Waals surface area contributed by atoms with Crippen molar-refractivity contribution in [1.29, 1.82) is 0 Å². The van der Waals surface area contributed by atoms with Crippen LogP contribution in [0.25, 0.3) is 0 Å². The highest BCUT2D eigenvalue weighted by Crippen LogP contribution is 2.33. The summed E-state index contributed by atoms with van der Waals surface area (Å²) in [5.74, 6) is 0.459. The summed E-state index contributed by atoms with van der Waals surface area (Å²) in [6.07, 6.45) is 0. The first-order valence-electron chi connectivity index (χ1n) is 10.6. The Labute approximate surface area is 196 Å². The zero-order valence-corrected chi connectivity index (χ0v) is 19.2. The Kier molecular flexibility index (Phi) is 6.87. The highest BCUT2D eigenvalue weighted by molar-refractivity contribution is 7.92. The molecule has 0 unspecified atom stereocenters. The van der Waals surface area contributed by atoms with Crippen LogP contribution in [-0.2, 0) is 14.8 Å². The van der Waals surface area contributed by atoms with Crippen LogP contribution < -0.4 is 23.8 Å². The molecule has 0 saturated carbocycles. The molecular formula is C24H23FN2O6S. The van der Waals surface area contributed by atoms with Gasteiger partial charge in [0.25, 0.3) is 10.0 Å². The van der Waals surface area contributed by atoms with Crippen LogP contribution in [0, 0.1) is 5.82 Å². The number of hydrogen-bond acceptors (Lipinski definition) is 6. The Morgan fingerprint density at radius 2 is 1.68 bits per heavy atom. The molecule has 0 fully saturated rings. The number of rotatable bonds is 8. The summed E-state index contributed by atoms with van der Waals surface area (Å²) in [5.41, 5.74) is 0.569. The van der Waals surface area contributed by atoms with Gasteiger partial charge in [0.05, 0.1) is 17.2 Å². The molecule has 34 heavy (non-hydrogen) atoms. The first kappa shape index (κ1) is 23.4. The monoisotopic (exact) mass is 486 g/mol. The highest BCUT2D eigenvalue weighted by Gasteiger charge is 2.27. The molecular weight excluding hydrogens is 463 g/mol. The molecule has 1 amide bonds. The van der Waals surface area contributed by atoms with Crippen molar-refractivity contribution in [2.75, 3.05) is 36.0 Å². The summed E-state index contributed by atoms with van der Waals surface area (Å²) >= 11 is 0. The van der Waals surface area contributed by atoms with Crippen molar-refractivity contribution >= 4 is 27.3 Å². The number of nitrogens with zero attached hydrogens (tertiary/aromatic N) is 1. The molecule has 10 heteroatoms. The third kappa shape index (κ3) is 5.23. The van der Waals surface area contributed by atoms with E-state index in [2.05, 4.69) is 5.32 Å². The van der Waals surface area contributed by atoms with Crippen molar-refractivity contribution in [3.8, 4) is 17.2 Å². The van der Waals surface area contributed by atoms with Gasteiger partial charge < -0.3 is 19.5 Å². The van der Waals surface area contributed by atoms with E-state index in [-0.39, 0.29) is 10.6 Å². The number of anilines is 2. The molecule has 0 aromatic heterocycles. The van der Waals surface area contributed by atoms with Crippen molar-refractivity contribution < 1.29 is 31.8 Å². The fraction of sp³-hybridized carbons (Fsp3) is 0.208. The molecule has 3 aromatic rings. The summed E-state index contributed by atoms with van der Waals surface area (Å²) in [7, 11) is -4.15. The molecule has 1 heterocycles. The topological polar surface area (TPSA) is 94.2 Å². The summed E-state index contributed by atoms with van der Waals surface area (Å²) in [5, 5.41) is 2.68. The van der Waals surface area contributed by atoms with Crippen molar-refractivity contribution in [2.45, 2.75) is 11.8 Å². The molecule has 3 aromatic carbocycles. The van der Waals surface area contributed by atoms with E-state index in [1.54, 1.807) is 18.2 Å². The average Bonchev–Trinajstić information content (AvgIpc) is 2.84. The van der Waals surface area contributed by atoms with Gasteiger partial charge in [-0.25, -0.2) is 12.8 Å². The molecule has 4 rings (SSSR count). The number of amides is 1. The molecule has 0 radical (unpaired) electrons. The van der Waals surface area contributed by atoms with Crippen molar-refractivity contribution in [1.82, 2.24) is 0 Å². The maximum atomic E-state index is 13.5. The Balaban J connectivity index is 1.59. The van der Waals surface area contributed by atoms with Gasteiger partial charge in [0.1, 0.15) is 31.3 Å². The summed E-state index contributed by atoms with van der Waals surface area (Å²) in [4.78, 5) is 12.8. The van der Waals surface area contributed by atoms with Crippen LogP contribution in [0.5, 0.6) is 17.2 Å². The zero-order chi connectivity index (χ0) is 24.1. The maximum absolute atomic E-state index is 13.5. The third-order valence-electron chi connectivity index (χ3n) is 4.95. The van der Waals surface area contributed by atoms with Crippen LogP contribution in [-0.4, -0.2) is 40.7 Å². The van der Waals surface area contributed by atoms with Gasteiger partial charge in [-0.05, 0) is 67.6 Å². The van der Waals surface area contributed by atoms with Crippen LogP contribution >= 0.6 is 0 Å². The number of carbonyl (C=O) groups excluding carboxylic acids is 1. The largest absolute Gasteiger partial charge is 0.494 e. The van der Waals surface area contributed by atoms with Gasteiger partial charge in [0.15, 0.2) is 11.5 Å². The molecule has 0 aliphatic carbocycles. The Hall–Kier alpha value is -3.79. The second-order valence-electron chi connectivity index (χ2n) is 7.30. The lowest BCUT2D eigenvalue weighted by atomic mass is 10.2. The van der Waals surface area contributed by atoms with Gasteiger partial charge in [-0.2, -0.15) is 0 Å². The molecule has 0 atom stereocenters. The summed E-state index contributed by atoms with van der Waals surface area (Å²) in [6.45, 7) is 2.56. The number of fused-ring (bicyclic) bond motifs is 1. The first-order chi connectivity index (χ1) is 16.4. The van der Waals surface area contributed by atoms with Gasteiger partial charge in [-0.3, -0.25) is 9.10 Å². The number of carbonyl (C=O) groups is 1. The molecule has 0 spiro atoms. The number of benzene rings is 3. The predicted molar refractivity (Wildman–Crippen MR) is 125 cm³/mol. The molecule has 1 N–H and O–H groups in total. The Morgan fingerprint density at radius 1 is 1.00 bits per heavy atom. The van der Waals surface area contributed by atoms with Crippen LogP contribution in [0.1, 0.15) is 6.92 Å². The Morgan fingerprint density at radius 3 is 2.35 bits per heavy atom. The lowest BCUT2D eigenvalue weighted by Crippen LogP contribution is -2.38. The number of nitrogens with one attached hydrogen (secondary N) is 1. The number of hydrogen-bond donors (Lipinski definition) is 1. The zero-order valence-electron chi connectivity index (χ0n) is 18.4. The number of ether oxygens (including phenoxy) is 3. The minimum Gasteiger partial charge on any atom is -0.494 e. The standard InChI is InChI=1S/C24H23FN2O6S/c1-2-31-20-8-10-21(11-9-20)34(29,30)27(19-6-3-17(25)4-7-19)16-24(28)26-18-5-12-22-23(15-18)33-14-13-32-22/h3-12,15H,2,13-14,16H2,1H3,(H,26,28). The van der Waals surface area contributed by atoms with Crippen LogP contribution in [0.2, 0.25) is 0 Å². The third-order valence-corrected chi connectivity index (χ3v) is 6.74. The smallest absolute Gasteiger partial charge is 0.264 e. The van der Waals surface area contributed by atoms with Crippen LogP contribution in [0.4, 0.5) is 15.8 Å². The Bertz CT molecular complexity index is 1260. The molecule has 0 saturated heterocycles.